The Kier molecular flexibility index (Phi) is 8.43. The van der Waals surface area contributed by atoms with Gasteiger partial charge in [-0.2, -0.15) is 15.0 Å². The fourth-order valence-electron chi connectivity index (χ4n) is 4.79. The van der Waals surface area contributed by atoms with Crippen molar-refractivity contribution < 1.29 is 23.0 Å². The first-order valence-corrected chi connectivity index (χ1v) is 13.6. The van der Waals surface area contributed by atoms with Gasteiger partial charge in [0.25, 0.3) is 6.43 Å². The molecular formula is C26H31F2N11O3. The van der Waals surface area contributed by atoms with Crippen LogP contribution in [-0.4, -0.2) is 112 Å². The van der Waals surface area contributed by atoms with Crippen LogP contribution < -0.4 is 20.3 Å². The molecule has 2 fully saturated rings. The number of nitrogens with zero attached hydrogens (tertiary/aromatic N) is 9. The van der Waals surface area contributed by atoms with Gasteiger partial charge in [-0.1, -0.05) is 6.07 Å². The van der Waals surface area contributed by atoms with Crippen molar-refractivity contribution in [3.8, 4) is 11.7 Å². The molecule has 0 aliphatic carbocycles. The van der Waals surface area contributed by atoms with E-state index in [0.717, 1.165) is 32.8 Å². The van der Waals surface area contributed by atoms with Crippen molar-refractivity contribution in [1.82, 2.24) is 39.4 Å². The van der Waals surface area contributed by atoms with Gasteiger partial charge in [-0.3, -0.25) is 9.47 Å². The molecule has 2 aliphatic rings. The van der Waals surface area contributed by atoms with Crippen molar-refractivity contribution in [2.45, 2.75) is 6.43 Å². The normalized spacial score (nSPS) is 16.2. The molecule has 0 radical (unpaired) electrons. The number of fused-ring (bicyclic) bond motifs is 1. The number of alkyl halides is 2. The van der Waals surface area contributed by atoms with E-state index in [-0.39, 0.29) is 17.4 Å². The molecule has 2 saturated heterocycles. The van der Waals surface area contributed by atoms with Crippen LogP contribution in [0.15, 0.2) is 30.6 Å². The standard InChI is InChI=1S/C26H31F2N11O3/c1-40-19-4-2-3-18-20(19)33-22(21(27)28)39(18)26-35-24(34-25(36-26)38-9-13-42-14-10-38)32-17-15-30-23(31-16-17)29-5-6-37-7-11-41-12-8-37/h2-4,15-16,21H,5-14H2,1H3,(H,29,30,31)(H,32,34,35,36). The van der Waals surface area contributed by atoms with Gasteiger partial charge in [0.1, 0.15) is 11.3 Å². The first kappa shape index (κ1) is 27.9. The van der Waals surface area contributed by atoms with E-state index in [9.17, 15) is 8.78 Å². The Labute approximate surface area is 240 Å². The number of hydrogen-bond acceptors (Lipinski definition) is 13. The van der Waals surface area contributed by atoms with Gasteiger partial charge in [0.2, 0.25) is 23.8 Å². The van der Waals surface area contributed by atoms with E-state index in [0.29, 0.717) is 61.7 Å². The minimum atomic E-state index is -2.89. The molecule has 0 bridgehead atoms. The van der Waals surface area contributed by atoms with Crippen molar-refractivity contribution >= 4 is 34.6 Å². The Morgan fingerprint density at radius 1 is 0.905 bits per heavy atom. The lowest BCUT2D eigenvalue weighted by Gasteiger charge is -2.27. The summed E-state index contributed by atoms with van der Waals surface area (Å²) in [6, 6.07) is 5.03. The number of halogens is 2. The lowest BCUT2D eigenvalue weighted by molar-refractivity contribution is 0.0398. The number of para-hydroxylation sites is 1. The molecule has 6 rings (SSSR count). The molecule has 4 aromatic rings. The van der Waals surface area contributed by atoms with Gasteiger partial charge in [0, 0.05) is 39.3 Å². The summed E-state index contributed by atoms with van der Waals surface area (Å²) in [5.41, 5.74) is 1.18. The Morgan fingerprint density at radius 2 is 1.62 bits per heavy atom. The second kappa shape index (κ2) is 12.7. The molecule has 16 heteroatoms. The zero-order valence-corrected chi connectivity index (χ0v) is 23.0. The second-order valence-electron chi connectivity index (χ2n) is 9.59. The zero-order chi connectivity index (χ0) is 28.9. The van der Waals surface area contributed by atoms with E-state index in [1.807, 2.05) is 4.90 Å². The Balaban J connectivity index is 1.28. The largest absolute Gasteiger partial charge is 0.494 e. The van der Waals surface area contributed by atoms with Crippen LogP contribution in [0.5, 0.6) is 5.75 Å². The molecular weight excluding hydrogens is 552 g/mol. The maximum atomic E-state index is 14.3. The summed E-state index contributed by atoms with van der Waals surface area (Å²) in [4.78, 5) is 30.8. The lowest BCUT2D eigenvalue weighted by atomic mass is 10.3. The fourth-order valence-corrected chi connectivity index (χ4v) is 4.79. The van der Waals surface area contributed by atoms with E-state index >= 15 is 0 Å². The van der Waals surface area contributed by atoms with Gasteiger partial charge in [0.05, 0.1) is 57.1 Å². The number of aromatic nitrogens is 7. The number of anilines is 4. The third kappa shape index (κ3) is 6.14. The smallest absolute Gasteiger partial charge is 0.296 e. The van der Waals surface area contributed by atoms with Crippen LogP contribution in [0.3, 0.4) is 0 Å². The van der Waals surface area contributed by atoms with Crippen molar-refractivity contribution in [3.63, 3.8) is 0 Å². The van der Waals surface area contributed by atoms with Crippen LogP contribution in [-0.2, 0) is 9.47 Å². The SMILES string of the molecule is COc1cccc2c1nc(C(F)F)n2-c1nc(Nc2cnc(NCCN3CCOCC3)nc2)nc(N2CCOCC2)n1. The Hall–Kier alpha value is -4.28. The predicted molar refractivity (Wildman–Crippen MR) is 150 cm³/mol. The van der Waals surface area contributed by atoms with Gasteiger partial charge >= 0.3 is 0 Å². The highest BCUT2D eigenvalue weighted by Crippen LogP contribution is 2.32. The minimum absolute atomic E-state index is 0.0117. The zero-order valence-electron chi connectivity index (χ0n) is 23.0. The lowest BCUT2D eigenvalue weighted by Crippen LogP contribution is -2.39. The van der Waals surface area contributed by atoms with Crippen LogP contribution in [0, 0.1) is 0 Å². The molecule has 222 valence electrons. The van der Waals surface area contributed by atoms with E-state index < -0.39 is 12.2 Å². The summed E-state index contributed by atoms with van der Waals surface area (Å²) in [6.45, 7) is 6.93. The Bertz CT molecular complexity index is 1490. The number of morpholine rings is 2. The van der Waals surface area contributed by atoms with Crippen LogP contribution >= 0.6 is 0 Å². The third-order valence-electron chi connectivity index (χ3n) is 6.92. The number of nitrogens with one attached hydrogen (secondary N) is 2. The molecule has 0 unspecified atom stereocenters. The molecule has 3 aromatic heterocycles. The highest BCUT2D eigenvalue weighted by Gasteiger charge is 2.26. The van der Waals surface area contributed by atoms with E-state index in [1.165, 1.54) is 11.7 Å². The number of methoxy groups -OCH3 is 1. The van der Waals surface area contributed by atoms with Crippen LogP contribution in [0.25, 0.3) is 17.0 Å². The van der Waals surface area contributed by atoms with Crippen LogP contribution in [0.4, 0.5) is 32.3 Å². The highest BCUT2D eigenvalue weighted by atomic mass is 19.3. The summed E-state index contributed by atoms with van der Waals surface area (Å²) >= 11 is 0. The van der Waals surface area contributed by atoms with Crippen LogP contribution in [0.1, 0.15) is 12.2 Å². The molecule has 2 N–H and O–H groups in total. The van der Waals surface area contributed by atoms with E-state index in [4.69, 9.17) is 14.2 Å². The summed E-state index contributed by atoms with van der Waals surface area (Å²) in [6.07, 6.45) is 0.312. The number of imidazole rings is 1. The maximum Gasteiger partial charge on any atom is 0.296 e. The first-order valence-electron chi connectivity index (χ1n) is 13.6. The summed E-state index contributed by atoms with van der Waals surface area (Å²) in [5, 5.41) is 6.32. The van der Waals surface area contributed by atoms with Crippen molar-refractivity contribution in [3.05, 3.63) is 36.4 Å². The monoisotopic (exact) mass is 583 g/mol. The van der Waals surface area contributed by atoms with Gasteiger partial charge < -0.3 is 29.7 Å². The number of benzene rings is 1. The van der Waals surface area contributed by atoms with Gasteiger partial charge in [-0.15, -0.1) is 0 Å². The van der Waals surface area contributed by atoms with Gasteiger partial charge in [-0.25, -0.2) is 23.7 Å². The van der Waals surface area contributed by atoms with Crippen LogP contribution in [0.2, 0.25) is 0 Å². The molecule has 0 atom stereocenters. The quantitative estimate of drug-likeness (QED) is 0.282. The molecule has 1 aromatic carbocycles. The predicted octanol–water partition coefficient (Wildman–Crippen LogP) is 2.27. The molecule has 0 saturated carbocycles. The molecule has 2 aliphatic heterocycles. The molecule has 5 heterocycles. The second-order valence-corrected chi connectivity index (χ2v) is 9.59. The summed E-state index contributed by atoms with van der Waals surface area (Å²) in [7, 11) is 1.46. The number of ether oxygens (including phenoxy) is 3. The number of hydrogen-bond donors (Lipinski definition) is 2. The van der Waals surface area contributed by atoms with E-state index in [1.54, 1.807) is 30.6 Å². The topological polar surface area (TPSA) is 140 Å². The Morgan fingerprint density at radius 3 is 2.33 bits per heavy atom. The average molecular weight is 584 g/mol. The highest BCUT2D eigenvalue weighted by molar-refractivity contribution is 5.84. The molecule has 0 spiro atoms. The van der Waals surface area contributed by atoms with Gasteiger partial charge in [0.15, 0.2) is 5.82 Å². The number of rotatable bonds is 10. The maximum absolute atomic E-state index is 14.3. The van der Waals surface area contributed by atoms with Crippen molar-refractivity contribution in [2.24, 2.45) is 0 Å². The molecule has 42 heavy (non-hydrogen) atoms. The van der Waals surface area contributed by atoms with Gasteiger partial charge in [-0.05, 0) is 12.1 Å². The van der Waals surface area contributed by atoms with Crippen molar-refractivity contribution in [1.29, 1.82) is 0 Å². The summed E-state index contributed by atoms with van der Waals surface area (Å²) < 4.78 is 46.0. The minimum Gasteiger partial charge on any atom is -0.494 e. The average Bonchev–Trinajstić information content (AvgIpc) is 3.43. The third-order valence-corrected chi connectivity index (χ3v) is 6.92. The molecule has 0 amide bonds. The van der Waals surface area contributed by atoms with E-state index in [2.05, 4.69) is 45.4 Å². The summed E-state index contributed by atoms with van der Waals surface area (Å²) in [5.74, 6) is 0.795. The van der Waals surface area contributed by atoms with Crippen molar-refractivity contribution in [2.75, 3.05) is 88.3 Å². The molecule has 14 nitrogen and oxygen atoms in total. The fraction of sp³-hybridized carbons (Fsp3) is 0.462. The first-order chi connectivity index (χ1) is 20.6.